The van der Waals surface area contributed by atoms with Crippen LogP contribution < -0.4 is 10.6 Å². The Labute approximate surface area is 114 Å². The van der Waals surface area contributed by atoms with Gasteiger partial charge in [-0.2, -0.15) is 0 Å². The van der Waals surface area contributed by atoms with Crippen molar-refractivity contribution >= 4 is 28.3 Å². The summed E-state index contributed by atoms with van der Waals surface area (Å²) in [6.45, 7) is 2.19. The van der Waals surface area contributed by atoms with Crippen molar-refractivity contribution in [3.05, 3.63) is 29.3 Å². The Hall–Kier alpha value is -1.69. The van der Waals surface area contributed by atoms with E-state index < -0.39 is 10.8 Å². The van der Waals surface area contributed by atoms with E-state index in [1.54, 1.807) is 24.5 Å². The zero-order valence-corrected chi connectivity index (χ0v) is 11.7. The van der Waals surface area contributed by atoms with Crippen LogP contribution in [-0.2, 0) is 22.0 Å². The maximum absolute atomic E-state index is 11.9. The molecule has 0 fully saturated rings. The molecule has 1 aliphatic heterocycles. The summed E-state index contributed by atoms with van der Waals surface area (Å²) in [6, 6.07) is 5.15. The van der Waals surface area contributed by atoms with Gasteiger partial charge in [-0.3, -0.25) is 13.8 Å². The van der Waals surface area contributed by atoms with Crippen LogP contribution in [0.1, 0.15) is 22.8 Å². The van der Waals surface area contributed by atoms with Crippen molar-refractivity contribution < 1.29 is 13.8 Å². The lowest BCUT2D eigenvalue weighted by atomic mass is 10.1. The first-order valence-corrected chi connectivity index (χ1v) is 7.62. The molecule has 102 valence electrons. The summed E-state index contributed by atoms with van der Waals surface area (Å²) < 4.78 is 11.2. The molecular weight excluding hydrogens is 264 g/mol. The molecule has 0 saturated carbocycles. The number of hydrogen-bond acceptors (Lipinski definition) is 3. The van der Waals surface area contributed by atoms with E-state index in [9.17, 15) is 13.8 Å². The van der Waals surface area contributed by atoms with Crippen molar-refractivity contribution in [3.63, 3.8) is 0 Å². The van der Waals surface area contributed by atoms with Gasteiger partial charge in [0.2, 0.25) is 5.91 Å². The molecule has 1 aromatic carbocycles. The topological polar surface area (TPSA) is 75.3 Å². The second-order valence-electron chi connectivity index (χ2n) is 4.62. The molecular formula is C13H16N2O3S. The average molecular weight is 280 g/mol. The molecule has 2 N–H and O–H groups in total. The van der Waals surface area contributed by atoms with Crippen LogP contribution in [-0.4, -0.2) is 34.1 Å². The van der Waals surface area contributed by atoms with Crippen LogP contribution in [0.5, 0.6) is 0 Å². The van der Waals surface area contributed by atoms with Gasteiger partial charge < -0.3 is 10.6 Å². The van der Waals surface area contributed by atoms with E-state index in [0.29, 0.717) is 24.2 Å². The fourth-order valence-corrected chi connectivity index (χ4v) is 2.13. The highest BCUT2D eigenvalue weighted by molar-refractivity contribution is 7.84. The smallest absolute Gasteiger partial charge is 0.251 e. The number of carbonyl (C=O) groups excluding carboxylic acids is 2. The second kappa shape index (κ2) is 5.52. The van der Waals surface area contributed by atoms with Crippen LogP contribution in [0.2, 0.25) is 0 Å². The fourth-order valence-electron chi connectivity index (χ4n) is 1.81. The van der Waals surface area contributed by atoms with E-state index in [4.69, 9.17) is 0 Å². The summed E-state index contributed by atoms with van der Waals surface area (Å²) in [5.41, 5.74) is 2.10. The van der Waals surface area contributed by atoms with Crippen LogP contribution in [0, 0.1) is 0 Å². The Morgan fingerprint density at radius 3 is 2.95 bits per heavy atom. The van der Waals surface area contributed by atoms with Gasteiger partial charge in [0, 0.05) is 40.1 Å². The Bertz CT molecular complexity index is 557. The van der Waals surface area contributed by atoms with E-state index in [1.807, 2.05) is 6.92 Å². The number of rotatable bonds is 4. The Morgan fingerprint density at radius 1 is 1.53 bits per heavy atom. The van der Waals surface area contributed by atoms with Gasteiger partial charge in [-0.25, -0.2) is 0 Å². The summed E-state index contributed by atoms with van der Waals surface area (Å²) in [4.78, 5) is 23.2. The summed E-state index contributed by atoms with van der Waals surface area (Å²) in [5, 5.41) is 5.36. The van der Waals surface area contributed by atoms with Crippen molar-refractivity contribution in [3.8, 4) is 0 Å². The molecule has 0 saturated heterocycles. The minimum atomic E-state index is -0.959. The van der Waals surface area contributed by atoms with Crippen molar-refractivity contribution in [2.24, 2.45) is 0 Å². The number of fused-ring (bicyclic) bond motifs is 1. The Morgan fingerprint density at radius 2 is 2.26 bits per heavy atom. The number of anilines is 1. The van der Waals surface area contributed by atoms with Crippen molar-refractivity contribution in [1.82, 2.24) is 5.32 Å². The summed E-state index contributed by atoms with van der Waals surface area (Å²) in [7, 11) is -0.959. The maximum Gasteiger partial charge on any atom is 0.251 e. The standard InChI is InChI=1S/C13H16N2O3S/c1-8(19(2)18)7-14-13(17)10-4-3-9-6-12(16)15-11(9)5-10/h3-5,8H,6-7H2,1-2H3,(H,14,17)(H,15,16). The molecule has 0 aromatic heterocycles. The van der Waals surface area contributed by atoms with Crippen molar-refractivity contribution in [2.45, 2.75) is 18.6 Å². The minimum absolute atomic E-state index is 0.0532. The first kappa shape index (κ1) is 13.7. The van der Waals surface area contributed by atoms with Crippen LogP contribution in [0.3, 0.4) is 0 Å². The van der Waals surface area contributed by atoms with E-state index in [0.717, 1.165) is 5.56 Å². The molecule has 19 heavy (non-hydrogen) atoms. The lowest BCUT2D eigenvalue weighted by Gasteiger charge is -2.10. The van der Waals surface area contributed by atoms with Gasteiger partial charge in [-0.05, 0) is 24.6 Å². The Kier molecular flexibility index (Phi) is 3.99. The van der Waals surface area contributed by atoms with E-state index in [2.05, 4.69) is 10.6 Å². The predicted octanol–water partition coefficient (Wildman–Crippen LogP) is 0.678. The van der Waals surface area contributed by atoms with Gasteiger partial charge in [0.1, 0.15) is 0 Å². The third kappa shape index (κ3) is 3.20. The minimum Gasteiger partial charge on any atom is -0.351 e. The number of benzene rings is 1. The number of amides is 2. The van der Waals surface area contributed by atoms with E-state index in [1.165, 1.54) is 0 Å². The van der Waals surface area contributed by atoms with Gasteiger partial charge in [0.15, 0.2) is 0 Å². The van der Waals surface area contributed by atoms with Gasteiger partial charge in [-0.15, -0.1) is 0 Å². The first-order chi connectivity index (χ1) is 8.97. The monoisotopic (exact) mass is 280 g/mol. The average Bonchev–Trinajstić information content (AvgIpc) is 2.74. The van der Waals surface area contributed by atoms with Crippen molar-refractivity contribution in [2.75, 3.05) is 18.1 Å². The van der Waals surface area contributed by atoms with Crippen LogP contribution in [0.4, 0.5) is 5.69 Å². The fraction of sp³-hybridized carbons (Fsp3) is 0.385. The number of nitrogens with one attached hydrogen (secondary N) is 2. The van der Waals surface area contributed by atoms with Gasteiger partial charge in [-0.1, -0.05) is 6.07 Å². The molecule has 5 nitrogen and oxygen atoms in total. The highest BCUT2D eigenvalue weighted by Crippen LogP contribution is 2.23. The van der Waals surface area contributed by atoms with E-state index in [-0.39, 0.29) is 17.1 Å². The zero-order valence-electron chi connectivity index (χ0n) is 10.9. The molecule has 0 aliphatic carbocycles. The summed E-state index contributed by atoms with van der Waals surface area (Å²) in [5.74, 6) is -0.274. The van der Waals surface area contributed by atoms with Crippen LogP contribution in [0.25, 0.3) is 0 Å². The highest BCUT2D eigenvalue weighted by Gasteiger charge is 2.19. The number of hydrogen-bond donors (Lipinski definition) is 2. The zero-order chi connectivity index (χ0) is 14.0. The third-order valence-corrected chi connectivity index (χ3v) is 4.41. The third-order valence-electron chi connectivity index (χ3n) is 3.11. The molecule has 2 amide bonds. The molecule has 2 unspecified atom stereocenters. The quantitative estimate of drug-likeness (QED) is 0.851. The maximum atomic E-state index is 11.9. The molecule has 6 heteroatoms. The molecule has 2 atom stereocenters. The van der Waals surface area contributed by atoms with Gasteiger partial charge in [0.05, 0.1) is 6.42 Å². The molecule has 1 heterocycles. The lowest BCUT2D eigenvalue weighted by molar-refractivity contribution is -0.115. The molecule has 1 aromatic rings. The highest BCUT2D eigenvalue weighted by atomic mass is 32.2. The molecule has 0 radical (unpaired) electrons. The molecule has 0 spiro atoms. The van der Waals surface area contributed by atoms with E-state index >= 15 is 0 Å². The number of carbonyl (C=O) groups is 2. The van der Waals surface area contributed by atoms with Gasteiger partial charge in [0.25, 0.3) is 5.91 Å². The van der Waals surface area contributed by atoms with Crippen molar-refractivity contribution in [1.29, 1.82) is 0 Å². The van der Waals surface area contributed by atoms with Crippen LogP contribution in [0.15, 0.2) is 18.2 Å². The Balaban J connectivity index is 2.03. The molecule has 0 bridgehead atoms. The summed E-state index contributed by atoms with van der Waals surface area (Å²) >= 11 is 0. The largest absolute Gasteiger partial charge is 0.351 e. The SMILES string of the molecule is CC(CNC(=O)c1ccc2c(c1)NC(=O)C2)S(C)=O. The summed E-state index contributed by atoms with van der Waals surface area (Å²) in [6.07, 6.45) is 1.98. The molecule has 1 aliphatic rings. The normalized spacial score (nSPS) is 16.4. The predicted molar refractivity (Wildman–Crippen MR) is 74.6 cm³/mol. The lowest BCUT2D eigenvalue weighted by Crippen LogP contribution is -2.32. The van der Waals surface area contributed by atoms with Gasteiger partial charge >= 0.3 is 0 Å². The van der Waals surface area contributed by atoms with Crippen LogP contribution >= 0.6 is 0 Å². The second-order valence-corrected chi connectivity index (χ2v) is 6.42. The molecule has 2 rings (SSSR count). The first-order valence-electron chi connectivity index (χ1n) is 6.00.